The van der Waals surface area contributed by atoms with E-state index in [4.69, 9.17) is 18.9 Å². The molecule has 1 unspecified atom stereocenters. The van der Waals surface area contributed by atoms with Gasteiger partial charge >= 0.3 is 5.91 Å². The Balaban J connectivity index is 1.59. The summed E-state index contributed by atoms with van der Waals surface area (Å²) in [6, 6.07) is 9.22. The number of anilines is 1. The number of unbranched alkanes of at least 4 members (excludes halogenated alkanes) is 2. The van der Waals surface area contributed by atoms with Gasteiger partial charge in [0.2, 0.25) is 0 Å². The third-order valence-electron chi connectivity index (χ3n) is 6.39. The smallest absolute Gasteiger partial charge is 0.301 e. The molecule has 0 aliphatic carbocycles. The maximum absolute atomic E-state index is 13.4. The number of benzene rings is 2. The highest BCUT2D eigenvalue weighted by Crippen LogP contribution is 2.45. The van der Waals surface area contributed by atoms with Crippen molar-refractivity contribution in [3.8, 4) is 23.0 Å². The van der Waals surface area contributed by atoms with Crippen molar-refractivity contribution in [2.45, 2.75) is 32.2 Å². The Labute approximate surface area is 224 Å². The fourth-order valence-corrected chi connectivity index (χ4v) is 5.20. The molecule has 1 amide bonds. The Morgan fingerprint density at radius 2 is 1.92 bits per heavy atom. The molecule has 0 saturated carbocycles. The van der Waals surface area contributed by atoms with Crippen molar-refractivity contribution in [3.63, 3.8) is 0 Å². The van der Waals surface area contributed by atoms with Gasteiger partial charge in [-0.3, -0.25) is 14.5 Å². The number of ketones is 1. The topological polar surface area (TPSA) is 107 Å². The van der Waals surface area contributed by atoms with Crippen molar-refractivity contribution in [1.29, 1.82) is 0 Å². The maximum Gasteiger partial charge on any atom is 0.301 e. The highest BCUT2D eigenvalue weighted by atomic mass is 32.1. The van der Waals surface area contributed by atoms with Gasteiger partial charge in [0.05, 0.1) is 25.3 Å². The molecule has 2 aromatic carbocycles. The van der Waals surface area contributed by atoms with Crippen LogP contribution in [0.4, 0.5) is 5.13 Å². The van der Waals surface area contributed by atoms with E-state index in [0.717, 1.165) is 19.3 Å². The number of Topliss-reactive ketones (excluding diaryl/α,β-unsaturated/α-hetero) is 1. The molecule has 198 valence electrons. The van der Waals surface area contributed by atoms with Crippen molar-refractivity contribution in [2.24, 2.45) is 0 Å². The van der Waals surface area contributed by atoms with Crippen molar-refractivity contribution < 1.29 is 33.6 Å². The standard InChI is InChI=1S/C28H28N2O7S/c1-3-4-5-11-35-19-8-6-17(15-21(19)34-2)24-23(26(32)27(33)30(24)28-29-10-14-38-28)25(31)18-7-9-20-22(16-18)37-13-12-36-20/h6-10,14-16,24,31H,3-5,11-13H2,1-2H3. The summed E-state index contributed by atoms with van der Waals surface area (Å²) in [5, 5.41) is 13.5. The Morgan fingerprint density at radius 1 is 1.11 bits per heavy atom. The van der Waals surface area contributed by atoms with E-state index in [0.29, 0.717) is 59.1 Å². The molecule has 5 rings (SSSR count). The van der Waals surface area contributed by atoms with E-state index in [1.807, 2.05) is 0 Å². The second kappa shape index (κ2) is 11.1. The van der Waals surface area contributed by atoms with Crippen molar-refractivity contribution >= 4 is 33.9 Å². The Bertz CT molecular complexity index is 1370. The highest BCUT2D eigenvalue weighted by Gasteiger charge is 2.48. The zero-order valence-electron chi connectivity index (χ0n) is 21.1. The first kappa shape index (κ1) is 25.6. The number of methoxy groups -OCH3 is 1. The lowest BCUT2D eigenvalue weighted by molar-refractivity contribution is -0.132. The van der Waals surface area contributed by atoms with E-state index in [1.54, 1.807) is 48.0 Å². The van der Waals surface area contributed by atoms with Gasteiger partial charge in [-0.15, -0.1) is 11.3 Å². The maximum atomic E-state index is 13.4. The SMILES string of the molecule is CCCCCOc1ccc(C2C(=C(O)c3ccc4c(c3)OCCO4)C(=O)C(=O)N2c2nccs2)cc1OC. The van der Waals surface area contributed by atoms with E-state index in [9.17, 15) is 14.7 Å². The first-order valence-electron chi connectivity index (χ1n) is 12.4. The number of aliphatic hydroxyl groups excluding tert-OH is 1. The average molecular weight is 537 g/mol. The number of fused-ring (bicyclic) bond motifs is 1. The Kier molecular flexibility index (Phi) is 7.50. The summed E-state index contributed by atoms with van der Waals surface area (Å²) in [6.07, 6.45) is 4.62. The van der Waals surface area contributed by atoms with Crippen LogP contribution in [0.3, 0.4) is 0 Å². The summed E-state index contributed by atoms with van der Waals surface area (Å²) in [5.74, 6) is 0.125. The van der Waals surface area contributed by atoms with Gasteiger partial charge in [0.25, 0.3) is 5.78 Å². The van der Waals surface area contributed by atoms with Gasteiger partial charge in [0.15, 0.2) is 28.1 Å². The van der Waals surface area contributed by atoms with Crippen LogP contribution in [0, 0.1) is 0 Å². The molecule has 1 N–H and O–H groups in total. The normalized spacial score (nSPS) is 18.1. The molecule has 1 aromatic heterocycles. The number of carbonyl (C=O) groups excluding carboxylic acids is 2. The minimum atomic E-state index is -0.933. The van der Waals surface area contributed by atoms with Crippen molar-refractivity contribution in [1.82, 2.24) is 4.98 Å². The molecule has 0 bridgehead atoms. The lowest BCUT2D eigenvalue weighted by Gasteiger charge is -2.24. The number of aromatic nitrogens is 1. The van der Waals surface area contributed by atoms with Crippen LogP contribution in [0.25, 0.3) is 5.76 Å². The molecule has 2 aliphatic rings. The molecule has 1 saturated heterocycles. The van der Waals surface area contributed by atoms with E-state index in [-0.39, 0.29) is 11.3 Å². The summed E-state index contributed by atoms with van der Waals surface area (Å²) in [6.45, 7) is 3.47. The highest BCUT2D eigenvalue weighted by molar-refractivity contribution is 7.14. The van der Waals surface area contributed by atoms with Crippen LogP contribution >= 0.6 is 11.3 Å². The summed E-state index contributed by atoms with van der Waals surface area (Å²) in [5.41, 5.74) is 0.844. The lowest BCUT2D eigenvalue weighted by atomic mass is 9.95. The lowest BCUT2D eigenvalue weighted by Crippen LogP contribution is -2.29. The summed E-state index contributed by atoms with van der Waals surface area (Å²) in [7, 11) is 1.53. The van der Waals surface area contributed by atoms with E-state index < -0.39 is 17.7 Å². The van der Waals surface area contributed by atoms with Crippen molar-refractivity contribution in [2.75, 3.05) is 31.8 Å². The number of aliphatic hydroxyl groups is 1. The molecule has 3 aromatic rings. The quantitative estimate of drug-likeness (QED) is 0.174. The van der Waals surface area contributed by atoms with Gasteiger partial charge in [-0.1, -0.05) is 25.8 Å². The molecular weight excluding hydrogens is 508 g/mol. The fourth-order valence-electron chi connectivity index (χ4n) is 4.53. The minimum absolute atomic E-state index is 0.0551. The molecule has 2 aliphatic heterocycles. The number of thiazole rings is 1. The predicted octanol–water partition coefficient (Wildman–Crippen LogP) is 5.12. The Morgan fingerprint density at radius 3 is 2.66 bits per heavy atom. The zero-order chi connectivity index (χ0) is 26.6. The second-order valence-electron chi connectivity index (χ2n) is 8.81. The summed E-state index contributed by atoms with van der Waals surface area (Å²) >= 11 is 1.23. The minimum Gasteiger partial charge on any atom is -0.507 e. The van der Waals surface area contributed by atoms with Crippen LogP contribution < -0.4 is 23.8 Å². The van der Waals surface area contributed by atoms with Gasteiger partial charge in [0.1, 0.15) is 19.0 Å². The van der Waals surface area contributed by atoms with Crippen LogP contribution in [-0.4, -0.2) is 48.7 Å². The number of amides is 1. The number of ether oxygens (including phenoxy) is 4. The van der Waals surface area contributed by atoms with Gasteiger partial charge in [0, 0.05) is 17.1 Å². The summed E-state index contributed by atoms with van der Waals surface area (Å²) in [4.78, 5) is 32.3. The molecule has 10 heteroatoms. The van der Waals surface area contributed by atoms with Crippen LogP contribution in [0.2, 0.25) is 0 Å². The van der Waals surface area contributed by atoms with Gasteiger partial charge in [-0.05, 0) is 42.3 Å². The number of hydrogen-bond donors (Lipinski definition) is 1. The van der Waals surface area contributed by atoms with E-state index >= 15 is 0 Å². The van der Waals surface area contributed by atoms with Crippen LogP contribution in [0.15, 0.2) is 53.5 Å². The average Bonchev–Trinajstić information content (AvgIpc) is 3.57. The van der Waals surface area contributed by atoms with E-state index in [1.165, 1.54) is 23.3 Å². The molecule has 1 fully saturated rings. The van der Waals surface area contributed by atoms with Gasteiger partial charge in [-0.25, -0.2) is 4.98 Å². The zero-order valence-corrected chi connectivity index (χ0v) is 22.0. The largest absolute Gasteiger partial charge is 0.507 e. The molecular formula is C28H28N2O7S. The van der Waals surface area contributed by atoms with Gasteiger partial charge in [-0.2, -0.15) is 0 Å². The monoisotopic (exact) mass is 536 g/mol. The fraction of sp³-hybridized carbons (Fsp3) is 0.321. The third kappa shape index (κ3) is 4.79. The first-order chi connectivity index (χ1) is 18.5. The molecule has 1 atom stereocenters. The number of carbonyl (C=O) groups is 2. The van der Waals surface area contributed by atoms with Gasteiger partial charge < -0.3 is 24.1 Å². The third-order valence-corrected chi connectivity index (χ3v) is 7.17. The Hall–Kier alpha value is -4.05. The number of rotatable bonds is 9. The molecule has 0 radical (unpaired) electrons. The van der Waals surface area contributed by atoms with E-state index in [2.05, 4.69) is 11.9 Å². The number of nitrogens with zero attached hydrogens (tertiary/aromatic N) is 2. The summed E-state index contributed by atoms with van der Waals surface area (Å²) < 4.78 is 22.7. The molecule has 38 heavy (non-hydrogen) atoms. The van der Waals surface area contributed by atoms with Crippen LogP contribution in [0.5, 0.6) is 23.0 Å². The van der Waals surface area contributed by atoms with Crippen LogP contribution in [-0.2, 0) is 9.59 Å². The van der Waals surface area contributed by atoms with Crippen LogP contribution in [0.1, 0.15) is 43.4 Å². The first-order valence-corrected chi connectivity index (χ1v) is 13.3. The number of hydrogen-bond acceptors (Lipinski definition) is 9. The molecule has 9 nitrogen and oxygen atoms in total. The molecule has 3 heterocycles. The molecule has 0 spiro atoms. The van der Waals surface area contributed by atoms with Crippen molar-refractivity contribution in [3.05, 3.63) is 64.7 Å². The second-order valence-corrected chi connectivity index (χ2v) is 9.68. The predicted molar refractivity (Wildman–Crippen MR) is 142 cm³/mol.